The fourth-order valence-corrected chi connectivity index (χ4v) is 7.16. The summed E-state index contributed by atoms with van der Waals surface area (Å²) in [6, 6.07) is 0. The van der Waals surface area contributed by atoms with Gasteiger partial charge in [0.25, 0.3) is 6.20 Å². The Morgan fingerprint density at radius 1 is 0.614 bits per heavy atom. The maximum atomic E-state index is 12.8. The number of esters is 2. The van der Waals surface area contributed by atoms with Crippen LogP contribution in [-0.2, 0) is 19.1 Å². The summed E-state index contributed by atoms with van der Waals surface area (Å²) < 4.78 is 11.4. The lowest BCUT2D eigenvalue weighted by Crippen LogP contribution is -2.31. The lowest BCUT2D eigenvalue weighted by atomic mass is 10.0. The highest BCUT2D eigenvalue weighted by molar-refractivity contribution is 5.69. The van der Waals surface area contributed by atoms with Gasteiger partial charge in [0, 0.05) is 26.4 Å². The zero-order valence-corrected chi connectivity index (χ0v) is 37.6. The summed E-state index contributed by atoms with van der Waals surface area (Å²) in [5.74, 6) is 0.310. The third kappa shape index (κ3) is 40.0. The Kier molecular flexibility index (Phi) is 41.0. The Morgan fingerprint density at radius 2 is 1.09 bits per heavy atom. The Labute approximate surface area is 350 Å². The molecule has 1 unspecified atom stereocenters. The fourth-order valence-electron chi connectivity index (χ4n) is 7.16. The second-order valence-corrected chi connectivity index (χ2v) is 16.1. The molecule has 0 heterocycles. The van der Waals surface area contributed by atoms with Crippen LogP contribution in [0.3, 0.4) is 0 Å². The fraction of sp³-hybridized carbons (Fsp3) is 0.872. The van der Waals surface area contributed by atoms with Crippen molar-refractivity contribution in [2.75, 3.05) is 39.8 Å². The predicted octanol–water partition coefficient (Wildman–Crippen LogP) is 12.3. The molecule has 0 rings (SSSR count). The van der Waals surface area contributed by atoms with E-state index in [4.69, 9.17) is 9.47 Å². The molecule has 0 amide bonds. The molecule has 0 aliphatic carbocycles. The van der Waals surface area contributed by atoms with E-state index < -0.39 is 4.92 Å². The molecule has 10 nitrogen and oxygen atoms in total. The van der Waals surface area contributed by atoms with E-state index in [1.54, 1.807) is 7.05 Å². The molecule has 0 aliphatic rings. The van der Waals surface area contributed by atoms with Gasteiger partial charge in [-0.1, -0.05) is 148 Å². The predicted molar refractivity (Wildman–Crippen MR) is 239 cm³/mol. The number of hydrogen-bond donors (Lipinski definition) is 2. The van der Waals surface area contributed by atoms with Crippen molar-refractivity contribution in [1.29, 1.82) is 0 Å². The smallest absolute Gasteiger partial charge is 0.306 e. The van der Waals surface area contributed by atoms with Crippen molar-refractivity contribution in [2.24, 2.45) is 0 Å². The third-order valence-corrected chi connectivity index (χ3v) is 10.7. The van der Waals surface area contributed by atoms with E-state index in [1.807, 2.05) is 6.08 Å². The quantitative estimate of drug-likeness (QED) is 0.0204. The minimum atomic E-state index is -0.448. The zero-order chi connectivity index (χ0) is 41.9. The maximum absolute atomic E-state index is 12.8. The number of carbonyl (C=O) groups excluding carboxylic acids is 2. The summed E-state index contributed by atoms with van der Waals surface area (Å²) in [6.45, 7) is 10.8. The molecular formula is C47H90N4O6. The molecule has 0 saturated heterocycles. The van der Waals surface area contributed by atoms with Gasteiger partial charge in [0.05, 0.1) is 4.92 Å². The Balaban J connectivity index is 4.49. The van der Waals surface area contributed by atoms with Crippen LogP contribution in [0.15, 0.2) is 24.2 Å². The number of carbonyl (C=O) groups is 2. The first-order chi connectivity index (χ1) is 27.9. The highest BCUT2D eigenvalue weighted by Gasteiger charge is 2.14. The van der Waals surface area contributed by atoms with Crippen LogP contribution >= 0.6 is 0 Å². The van der Waals surface area contributed by atoms with E-state index in [1.165, 1.54) is 83.5 Å². The summed E-state index contributed by atoms with van der Waals surface area (Å²) in [4.78, 5) is 37.8. The van der Waals surface area contributed by atoms with Crippen molar-refractivity contribution < 1.29 is 24.0 Å². The van der Waals surface area contributed by atoms with Gasteiger partial charge in [0.15, 0.2) is 5.82 Å². The first-order valence-corrected chi connectivity index (χ1v) is 23.8. The molecule has 0 aromatic carbocycles. The lowest BCUT2D eigenvalue weighted by Gasteiger charge is -2.22. The number of nitro groups is 1. The highest BCUT2D eigenvalue weighted by atomic mass is 16.6. The van der Waals surface area contributed by atoms with Crippen LogP contribution in [0.5, 0.6) is 0 Å². The van der Waals surface area contributed by atoms with Crippen molar-refractivity contribution in [3.8, 4) is 0 Å². The van der Waals surface area contributed by atoms with Crippen molar-refractivity contribution >= 4 is 11.9 Å². The summed E-state index contributed by atoms with van der Waals surface area (Å²) in [5.41, 5.74) is 0. The first kappa shape index (κ1) is 54.4. The first-order valence-electron chi connectivity index (χ1n) is 23.8. The average molecular weight is 807 g/mol. The number of unbranched alkanes of at least 4 members (excludes halogenated alkanes) is 21. The number of ether oxygens (including phenoxy) is 2. The number of hydrogen-bond acceptors (Lipinski definition) is 9. The Morgan fingerprint density at radius 3 is 1.63 bits per heavy atom. The number of nitrogens with zero attached hydrogens (tertiary/aromatic N) is 2. The Bertz CT molecular complexity index is 991. The van der Waals surface area contributed by atoms with Crippen LogP contribution in [-0.4, -0.2) is 67.7 Å². The van der Waals surface area contributed by atoms with Gasteiger partial charge < -0.3 is 25.0 Å². The molecule has 334 valence electrons. The van der Waals surface area contributed by atoms with Gasteiger partial charge in [-0.2, -0.15) is 0 Å². The van der Waals surface area contributed by atoms with Gasteiger partial charge in [-0.3, -0.25) is 19.7 Å². The summed E-state index contributed by atoms with van der Waals surface area (Å²) in [7, 11) is 1.68. The topological polar surface area (TPSA) is 123 Å². The molecule has 0 saturated carbocycles. The van der Waals surface area contributed by atoms with Crippen molar-refractivity contribution in [1.82, 2.24) is 15.5 Å². The largest absolute Gasteiger partial charge is 0.462 e. The normalized spacial score (nSPS) is 12.3. The lowest BCUT2D eigenvalue weighted by molar-refractivity contribution is -0.404. The third-order valence-electron chi connectivity index (χ3n) is 10.7. The molecule has 0 bridgehead atoms. The molecule has 0 aromatic rings. The van der Waals surface area contributed by atoms with Gasteiger partial charge in [0.1, 0.15) is 12.7 Å². The van der Waals surface area contributed by atoms with E-state index >= 15 is 0 Å². The minimum Gasteiger partial charge on any atom is -0.462 e. The second kappa shape index (κ2) is 43.0. The van der Waals surface area contributed by atoms with Crippen LogP contribution in [0, 0.1) is 10.1 Å². The number of rotatable bonds is 44. The molecule has 57 heavy (non-hydrogen) atoms. The monoisotopic (exact) mass is 807 g/mol. The molecule has 0 aliphatic heterocycles. The highest BCUT2D eigenvalue weighted by Crippen LogP contribution is 2.18. The Hall–Kier alpha value is -2.62. The van der Waals surface area contributed by atoms with Crippen molar-refractivity contribution in [3.63, 3.8) is 0 Å². The van der Waals surface area contributed by atoms with Crippen LogP contribution in [0.4, 0.5) is 0 Å². The molecular weight excluding hydrogens is 717 g/mol. The van der Waals surface area contributed by atoms with Gasteiger partial charge >= 0.3 is 11.9 Å². The maximum Gasteiger partial charge on any atom is 0.306 e. The zero-order valence-electron chi connectivity index (χ0n) is 37.6. The minimum absolute atomic E-state index is 0.00928. The molecule has 0 aromatic heterocycles. The van der Waals surface area contributed by atoms with Crippen LogP contribution in [0.25, 0.3) is 0 Å². The summed E-state index contributed by atoms with van der Waals surface area (Å²) >= 11 is 0. The average Bonchev–Trinajstić information content (AvgIpc) is 3.19. The van der Waals surface area contributed by atoms with Gasteiger partial charge in [-0.05, 0) is 90.3 Å². The number of nitrogens with one attached hydrogen (secondary N) is 2. The van der Waals surface area contributed by atoms with Crippen molar-refractivity contribution in [3.05, 3.63) is 34.3 Å². The van der Waals surface area contributed by atoms with E-state index in [2.05, 4.69) is 42.4 Å². The van der Waals surface area contributed by atoms with Crippen LogP contribution in [0.1, 0.15) is 220 Å². The van der Waals surface area contributed by atoms with Crippen LogP contribution < -0.4 is 10.6 Å². The standard InChI is InChI=1S/C47H90N4O6/c1-5-8-11-14-16-25-32-42-56-46(52)36-28-21-17-23-30-39-50(41-33-38-49-45(48-4)43-51(54)55)40-31-24-18-22-29-37-47(53)57-44(34-26-19-13-10-7-3)35-27-20-15-12-9-6-2/h25,32,43-44,48-49H,5-24,26-31,33-42H2,1-4H3/b32-25-,45-43+. The van der Waals surface area contributed by atoms with Crippen molar-refractivity contribution in [2.45, 2.75) is 226 Å². The number of allylic oxidation sites excluding steroid dienone is 1. The van der Waals surface area contributed by atoms with E-state index in [9.17, 15) is 19.7 Å². The van der Waals surface area contributed by atoms with E-state index in [-0.39, 0.29) is 18.0 Å². The molecule has 1 atom stereocenters. The SMILES string of the molecule is CCCCCC/C=C\COC(=O)CCCCCCCN(CCCCCCCC(=O)OC(CCCCCCC)CCCCCCCC)CCCN/C(=C/[N+](=O)[O-])NC. The summed E-state index contributed by atoms with van der Waals surface area (Å²) in [5, 5.41) is 16.8. The van der Waals surface area contributed by atoms with E-state index in [0.29, 0.717) is 31.8 Å². The van der Waals surface area contributed by atoms with Gasteiger partial charge in [0.2, 0.25) is 0 Å². The molecule has 10 heteroatoms. The second-order valence-electron chi connectivity index (χ2n) is 16.1. The molecule has 0 radical (unpaired) electrons. The molecule has 2 N–H and O–H groups in total. The molecule has 0 spiro atoms. The van der Waals surface area contributed by atoms with Gasteiger partial charge in [-0.25, -0.2) is 0 Å². The van der Waals surface area contributed by atoms with Gasteiger partial charge in [-0.15, -0.1) is 0 Å². The molecule has 0 fully saturated rings. The van der Waals surface area contributed by atoms with E-state index in [0.717, 1.165) is 129 Å². The summed E-state index contributed by atoms with van der Waals surface area (Å²) in [6.07, 6.45) is 39.6. The van der Waals surface area contributed by atoms with Crippen LogP contribution in [0.2, 0.25) is 0 Å².